The Morgan fingerprint density at radius 2 is 1.79 bits per heavy atom. The molecule has 0 spiro atoms. The number of benzene rings is 1. The lowest BCUT2D eigenvalue weighted by Crippen LogP contribution is -2.52. The van der Waals surface area contributed by atoms with Gasteiger partial charge in [-0.05, 0) is 62.1 Å². The van der Waals surface area contributed by atoms with Crippen LogP contribution in [0.4, 0.5) is 15.3 Å². The second-order valence-electron chi connectivity index (χ2n) is 10.7. The minimum absolute atomic E-state index is 0.190. The normalized spacial score (nSPS) is 16.5. The van der Waals surface area contributed by atoms with Gasteiger partial charge in [0.25, 0.3) is 0 Å². The van der Waals surface area contributed by atoms with Crippen molar-refractivity contribution in [2.24, 2.45) is 0 Å². The molecule has 204 valence electrons. The molecule has 39 heavy (non-hydrogen) atoms. The molecule has 1 fully saturated rings. The lowest BCUT2D eigenvalue weighted by molar-refractivity contribution is -0.129. The molecule has 0 N–H and O–H groups in total. The molecule has 2 aliphatic heterocycles. The van der Waals surface area contributed by atoms with Crippen molar-refractivity contribution in [3.8, 4) is 5.75 Å². The highest BCUT2D eigenvalue weighted by molar-refractivity contribution is 6.07. The topological polar surface area (TPSA) is 96.7 Å². The van der Waals surface area contributed by atoms with E-state index in [0.717, 1.165) is 22.2 Å². The first-order chi connectivity index (χ1) is 18.6. The molecule has 5 rings (SSSR count). The van der Waals surface area contributed by atoms with Gasteiger partial charge < -0.3 is 14.4 Å². The van der Waals surface area contributed by atoms with E-state index in [9.17, 15) is 14.4 Å². The summed E-state index contributed by atoms with van der Waals surface area (Å²) in [5.41, 5.74) is 3.88. The highest BCUT2D eigenvalue weighted by atomic mass is 16.6. The highest BCUT2D eigenvalue weighted by Crippen LogP contribution is 2.29. The van der Waals surface area contributed by atoms with Gasteiger partial charge in [0, 0.05) is 32.3 Å². The molecule has 1 aromatic carbocycles. The van der Waals surface area contributed by atoms with Crippen molar-refractivity contribution in [1.29, 1.82) is 0 Å². The van der Waals surface area contributed by atoms with Crippen LogP contribution < -0.4 is 9.64 Å². The number of rotatable bonds is 5. The number of urea groups is 1. The molecular weight excluding hydrogens is 498 g/mol. The van der Waals surface area contributed by atoms with Crippen molar-refractivity contribution in [3.63, 3.8) is 0 Å². The predicted molar refractivity (Wildman–Crippen MR) is 146 cm³/mol. The van der Waals surface area contributed by atoms with Crippen molar-refractivity contribution in [2.75, 3.05) is 31.6 Å². The van der Waals surface area contributed by atoms with Crippen molar-refractivity contribution in [2.45, 2.75) is 45.8 Å². The van der Waals surface area contributed by atoms with Crippen LogP contribution in [0.25, 0.3) is 11.1 Å². The van der Waals surface area contributed by atoms with E-state index in [1.54, 1.807) is 27.6 Å². The van der Waals surface area contributed by atoms with Crippen molar-refractivity contribution < 1.29 is 23.9 Å². The Morgan fingerprint density at radius 1 is 1.03 bits per heavy atom. The van der Waals surface area contributed by atoms with Crippen LogP contribution in [-0.4, -0.2) is 69.8 Å². The lowest BCUT2D eigenvalue weighted by atomic mass is 10.0. The molecule has 3 aromatic rings. The van der Waals surface area contributed by atoms with E-state index in [0.29, 0.717) is 37.5 Å². The van der Waals surface area contributed by atoms with Crippen LogP contribution in [0, 0.1) is 0 Å². The summed E-state index contributed by atoms with van der Waals surface area (Å²) >= 11 is 0. The van der Waals surface area contributed by atoms with E-state index in [1.807, 2.05) is 69.4 Å². The molecule has 2 aliphatic rings. The van der Waals surface area contributed by atoms with Crippen molar-refractivity contribution in [1.82, 2.24) is 19.4 Å². The fourth-order valence-corrected chi connectivity index (χ4v) is 4.78. The number of anilines is 1. The molecule has 10 heteroatoms. The fraction of sp³-hybridized carbons (Fsp3) is 0.379. The lowest BCUT2D eigenvalue weighted by Gasteiger charge is -2.33. The number of hydrogen-bond acceptors (Lipinski definition) is 6. The first-order valence-corrected chi connectivity index (χ1v) is 13.0. The molecule has 2 aromatic heterocycles. The van der Waals surface area contributed by atoms with Crippen LogP contribution in [0.1, 0.15) is 44.7 Å². The molecule has 0 aliphatic carbocycles. The fourth-order valence-electron chi connectivity index (χ4n) is 4.78. The summed E-state index contributed by atoms with van der Waals surface area (Å²) in [5.74, 6) is 0.516. The van der Waals surface area contributed by atoms with Gasteiger partial charge in [0.15, 0.2) is 0 Å². The molecule has 10 nitrogen and oxygen atoms in total. The Kier molecular flexibility index (Phi) is 7.03. The Balaban J connectivity index is 1.31. The summed E-state index contributed by atoms with van der Waals surface area (Å²) in [4.78, 5) is 43.0. The minimum Gasteiger partial charge on any atom is -0.497 e. The number of nitrogens with zero attached hydrogens (tertiary/aromatic N) is 5. The number of methoxy groups -OCH3 is 1. The van der Waals surface area contributed by atoms with E-state index in [2.05, 4.69) is 5.10 Å². The van der Waals surface area contributed by atoms with E-state index in [4.69, 9.17) is 9.47 Å². The van der Waals surface area contributed by atoms with Gasteiger partial charge in [0.2, 0.25) is 5.91 Å². The molecule has 0 unspecified atom stereocenters. The molecular formula is C29H33N5O5. The van der Waals surface area contributed by atoms with Gasteiger partial charge in [-0.1, -0.05) is 24.3 Å². The monoisotopic (exact) mass is 531 g/mol. The summed E-state index contributed by atoms with van der Waals surface area (Å²) in [6, 6.07) is 10.9. The zero-order valence-corrected chi connectivity index (χ0v) is 22.7. The van der Waals surface area contributed by atoms with Gasteiger partial charge in [0.1, 0.15) is 11.4 Å². The summed E-state index contributed by atoms with van der Waals surface area (Å²) in [6.07, 6.45) is 6.26. The summed E-state index contributed by atoms with van der Waals surface area (Å²) in [6.45, 7) is 7.12. The zero-order valence-electron chi connectivity index (χ0n) is 22.7. The van der Waals surface area contributed by atoms with Crippen LogP contribution in [-0.2, 0) is 16.1 Å². The largest absolute Gasteiger partial charge is 0.497 e. The van der Waals surface area contributed by atoms with Gasteiger partial charge in [0.05, 0.1) is 31.1 Å². The Hall–Kier alpha value is -4.34. The third-order valence-corrected chi connectivity index (χ3v) is 6.83. The number of imide groups is 1. The predicted octanol–water partition coefficient (Wildman–Crippen LogP) is 4.73. The number of carbonyl (C=O) groups is 3. The molecule has 4 heterocycles. The second-order valence-corrected chi connectivity index (χ2v) is 10.7. The van der Waals surface area contributed by atoms with Gasteiger partial charge in [-0.3, -0.25) is 14.6 Å². The maximum Gasteiger partial charge on any atom is 0.410 e. The van der Waals surface area contributed by atoms with Gasteiger partial charge in [-0.2, -0.15) is 5.10 Å². The summed E-state index contributed by atoms with van der Waals surface area (Å²) in [7, 11) is 1.59. The molecule has 0 bridgehead atoms. The minimum atomic E-state index is -0.528. The van der Waals surface area contributed by atoms with Crippen LogP contribution in [0.15, 0.2) is 54.9 Å². The Bertz CT molecular complexity index is 1440. The van der Waals surface area contributed by atoms with Crippen molar-refractivity contribution >= 4 is 34.8 Å². The Morgan fingerprint density at radius 3 is 2.46 bits per heavy atom. The first kappa shape index (κ1) is 26.3. The number of carbonyl (C=O) groups excluding carboxylic acids is 3. The number of ether oxygens (including phenoxy) is 2. The van der Waals surface area contributed by atoms with Crippen LogP contribution in [0.2, 0.25) is 0 Å². The molecule has 4 amide bonds. The maximum atomic E-state index is 13.4. The van der Waals surface area contributed by atoms with Gasteiger partial charge in [-0.15, -0.1) is 0 Å². The zero-order chi connectivity index (χ0) is 27.7. The van der Waals surface area contributed by atoms with Crippen LogP contribution >= 0.6 is 0 Å². The SMILES string of the molecule is COc1ccc(CN2C(=O)CCN(c3cnn4cc(C5=CCN(C(=O)OC(C)(C)C)CC5)ccc34)C2=O)cc1. The van der Waals surface area contributed by atoms with E-state index in [-0.39, 0.29) is 31.0 Å². The number of hydrogen-bond donors (Lipinski definition) is 0. The van der Waals surface area contributed by atoms with E-state index in [1.165, 1.54) is 4.90 Å². The average Bonchev–Trinajstić information content (AvgIpc) is 3.33. The number of fused-ring (bicyclic) bond motifs is 1. The molecule has 0 radical (unpaired) electrons. The quantitative estimate of drug-likeness (QED) is 0.473. The number of amides is 4. The third kappa shape index (κ3) is 5.59. The first-order valence-electron chi connectivity index (χ1n) is 13.0. The molecule has 0 atom stereocenters. The van der Waals surface area contributed by atoms with E-state index < -0.39 is 5.60 Å². The Labute approximate surface area is 227 Å². The average molecular weight is 532 g/mol. The summed E-state index contributed by atoms with van der Waals surface area (Å²) < 4.78 is 12.4. The maximum absolute atomic E-state index is 13.4. The molecule has 0 saturated carbocycles. The smallest absolute Gasteiger partial charge is 0.410 e. The van der Waals surface area contributed by atoms with Crippen LogP contribution in [0.3, 0.4) is 0 Å². The highest BCUT2D eigenvalue weighted by Gasteiger charge is 2.34. The standard InChI is InChI=1S/C29H33N5O5/c1-29(2,3)39-28(37)31-14-11-21(12-15-31)22-7-10-24-25(17-30-34(24)19-22)32-16-13-26(35)33(27(32)36)18-20-5-8-23(38-4)9-6-20/h5-11,17,19H,12-16,18H2,1-4H3. The van der Waals surface area contributed by atoms with Crippen molar-refractivity contribution in [3.05, 3.63) is 66.0 Å². The number of aromatic nitrogens is 2. The summed E-state index contributed by atoms with van der Waals surface area (Å²) in [5, 5.41) is 4.51. The van der Waals surface area contributed by atoms with Crippen LogP contribution in [0.5, 0.6) is 5.75 Å². The molecule has 1 saturated heterocycles. The van der Waals surface area contributed by atoms with Gasteiger partial charge in [-0.25, -0.2) is 14.1 Å². The second kappa shape index (κ2) is 10.4. The van der Waals surface area contributed by atoms with E-state index >= 15 is 0 Å². The number of pyridine rings is 1. The third-order valence-electron chi connectivity index (χ3n) is 6.83. The van der Waals surface area contributed by atoms with Gasteiger partial charge >= 0.3 is 12.1 Å².